The Balaban J connectivity index is 2.02. The molecule has 5 heteroatoms. The molecule has 158 valence electrons. The fraction of sp³-hybridized carbons (Fsp3) is 0.280. The summed E-state index contributed by atoms with van der Waals surface area (Å²) in [5.41, 5.74) is 3.93. The summed E-state index contributed by atoms with van der Waals surface area (Å²) >= 11 is 0. The summed E-state index contributed by atoms with van der Waals surface area (Å²) in [6, 6.07) is 27.0. The lowest BCUT2D eigenvalue weighted by molar-refractivity contribution is 0.301. The van der Waals surface area contributed by atoms with Gasteiger partial charge in [-0.2, -0.15) is 4.31 Å². The molecule has 2 atom stereocenters. The number of hydrogen-bond donors (Lipinski definition) is 1. The van der Waals surface area contributed by atoms with Crippen LogP contribution in [-0.2, 0) is 22.2 Å². The topological polar surface area (TPSA) is 49.4 Å². The van der Waals surface area contributed by atoms with Crippen LogP contribution in [0.3, 0.4) is 0 Å². The minimum atomic E-state index is -3.56. The van der Waals surface area contributed by atoms with Crippen molar-refractivity contribution in [1.82, 2.24) is 9.62 Å². The molecule has 0 saturated heterocycles. The van der Waals surface area contributed by atoms with Crippen molar-refractivity contribution in [3.63, 3.8) is 0 Å². The van der Waals surface area contributed by atoms with Gasteiger partial charge in [0, 0.05) is 7.05 Å². The third kappa shape index (κ3) is 4.98. The maximum Gasteiger partial charge on any atom is 0.218 e. The molecule has 1 N–H and O–H groups in total. The Bertz CT molecular complexity index is 1040. The Morgan fingerprint density at radius 2 is 1.30 bits per heavy atom. The summed E-state index contributed by atoms with van der Waals surface area (Å²) in [6.07, 6.45) is 0.806. The second-order valence-electron chi connectivity index (χ2n) is 7.43. The minimum absolute atomic E-state index is 0.0118. The van der Waals surface area contributed by atoms with E-state index in [0.29, 0.717) is 0 Å². The van der Waals surface area contributed by atoms with Gasteiger partial charge < -0.3 is 5.32 Å². The zero-order valence-corrected chi connectivity index (χ0v) is 18.6. The summed E-state index contributed by atoms with van der Waals surface area (Å²) < 4.78 is 28.6. The molecule has 0 aliphatic heterocycles. The van der Waals surface area contributed by atoms with Crippen molar-refractivity contribution in [2.45, 2.75) is 31.2 Å². The second-order valence-corrected chi connectivity index (χ2v) is 9.46. The molecule has 30 heavy (non-hydrogen) atoms. The third-order valence-corrected chi connectivity index (χ3v) is 7.37. The number of aryl methyl sites for hydroxylation is 1. The first-order chi connectivity index (χ1) is 14.5. The third-order valence-electron chi connectivity index (χ3n) is 5.59. The number of benzene rings is 3. The maximum atomic E-state index is 13.5. The Hall–Kier alpha value is -2.47. The van der Waals surface area contributed by atoms with E-state index in [1.165, 1.54) is 4.31 Å². The molecule has 0 bridgehead atoms. The molecule has 3 rings (SSSR count). The Morgan fingerprint density at radius 3 is 1.83 bits per heavy atom. The number of nitrogens with one attached hydrogen (secondary N) is 1. The predicted octanol–water partition coefficient (Wildman–Crippen LogP) is 4.71. The zero-order chi connectivity index (χ0) is 21.6. The number of likely N-dealkylation sites (N-methyl/N-ethyl adjacent to an activating group) is 2. The summed E-state index contributed by atoms with van der Waals surface area (Å²) in [7, 11) is 0.00170. The average Bonchev–Trinajstić information content (AvgIpc) is 2.78. The van der Waals surface area contributed by atoms with E-state index in [9.17, 15) is 8.42 Å². The summed E-state index contributed by atoms with van der Waals surface area (Å²) in [5, 5.41) is 3.35. The average molecular weight is 423 g/mol. The fourth-order valence-electron chi connectivity index (χ4n) is 3.94. The molecule has 0 spiro atoms. The lowest BCUT2D eigenvalue weighted by atomic mass is 9.93. The van der Waals surface area contributed by atoms with E-state index in [0.717, 1.165) is 28.7 Å². The van der Waals surface area contributed by atoms with Crippen molar-refractivity contribution in [2.24, 2.45) is 0 Å². The number of nitrogens with zero attached hydrogens (tertiary/aromatic N) is 1. The standard InChI is InChI=1S/C25H30N2O2S/c1-4-20-13-11-12-18-23(20)19-30(28,29)27(3)25(22-16-9-6-10-17-22)24(26-2)21-14-7-5-8-15-21/h5-18,24-26H,4,19H2,1-3H3. The zero-order valence-electron chi connectivity index (χ0n) is 17.8. The fourth-order valence-corrected chi connectivity index (χ4v) is 5.41. The van der Waals surface area contributed by atoms with Crippen LogP contribution in [-0.4, -0.2) is 26.8 Å². The smallest absolute Gasteiger partial charge is 0.218 e. The summed E-state index contributed by atoms with van der Waals surface area (Å²) in [5.74, 6) is -0.0118. The Kier molecular flexibility index (Phi) is 7.43. The normalized spacial score (nSPS) is 13.9. The molecule has 0 fully saturated rings. The van der Waals surface area contributed by atoms with Crippen LogP contribution in [0.2, 0.25) is 0 Å². The van der Waals surface area contributed by atoms with Crippen LogP contribution in [0.25, 0.3) is 0 Å². The molecule has 0 radical (unpaired) electrons. The highest BCUT2D eigenvalue weighted by molar-refractivity contribution is 7.88. The van der Waals surface area contributed by atoms with E-state index in [2.05, 4.69) is 5.32 Å². The molecule has 0 aromatic heterocycles. The highest BCUT2D eigenvalue weighted by Gasteiger charge is 2.34. The van der Waals surface area contributed by atoms with Gasteiger partial charge in [0.1, 0.15) is 0 Å². The van der Waals surface area contributed by atoms with Gasteiger partial charge in [0.05, 0.1) is 17.8 Å². The van der Waals surface area contributed by atoms with Gasteiger partial charge in [0.15, 0.2) is 0 Å². The second kappa shape index (κ2) is 10.0. The lowest BCUT2D eigenvalue weighted by Crippen LogP contribution is -2.39. The van der Waals surface area contributed by atoms with Crippen LogP contribution in [0.1, 0.15) is 41.3 Å². The molecule has 4 nitrogen and oxygen atoms in total. The molecule has 3 aromatic carbocycles. The van der Waals surface area contributed by atoms with Gasteiger partial charge >= 0.3 is 0 Å². The molecule has 0 amide bonds. The first-order valence-corrected chi connectivity index (χ1v) is 11.9. The van der Waals surface area contributed by atoms with Crippen LogP contribution >= 0.6 is 0 Å². The van der Waals surface area contributed by atoms with E-state index in [4.69, 9.17) is 0 Å². The molecular formula is C25H30N2O2S. The SMILES string of the molecule is CCc1ccccc1CS(=O)(=O)N(C)C(c1ccccc1)C(NC)c1ccccc1. The van der Waals surface area contributed by atoms with E-state index in [-0.39, 0.29) is 17.8 Å². The molecule has 3 aromatic rings. The van der Waals surface area contributed by atoms with E-state index in [1.807, 2.05) is 98.9 Å². The van der Waals surface area contributed by atoms with Crippen LogP contribution in [0.4, 0.5) is 0 Å². The summed E-state index contributed by atoms with van der Waals surface area (Å²) in [4.78, 5) is 0. The van der Waals surface area contributed by atoms with Crippen molar-refractivity contribution in [3.05, 3.63) is 107 Å². The van der Waals surface area contributed by atoms with Gasteiger partial charge in [-0.1, -0.05) is 91.9 Å². The minimum Gasteiger partial charge on any atom is -0.311 e. The largest absolute Gasteiger partial charge is 0.311 e. The van der Waals surface area contributed by atoms with Gasteiger partial charge in [-0.3, -0.25) is 0 Å². The quantitative estimate of drug-likeness (QED) is 0.543. The van der Waals surface area contributed by atoms with Gasteiger partial charge in [-0.05, 0) is 35.7 Å². The van der Waals surface area contributed by atoms with Crippen LogP contribution in [0.5, 0.6) is 0 Å². The first kappa shape index (κ1) is 22.2. The Morgan fingerprint density at radius 1 is 0.800 bits per heavy atom. The van der Waals surface area contributed by atoms with Crippen molar-refractivity contribution < 1.29 is 8.42 Å². The van der Waals surface area contributed by atoms with Crippen LogP contribution in [0.15, 0.2) is 84.9 Å². The molecule has 0 heterocycles. The first-order valence-electron chi connectivity index (χ1n) is 10.3. The lowest BCUT2D eigenvalue weighted by Gasteiger charge is -2.35. The molecule has 0 saturated carbocycles. The highest BCUT2D eigenvalue weighted by atomic mass is 32.2. The number of sulfonamides is 1. The Labute approximate surface area is 180 Å². The van der Waals surface area contributed by atoms with E-state index < -0.39 is 10.0 Å². The predicted molar refractivity (Wildman–Crippen MR) is 124 cm³/mol. The van der Waals surface area contributed by atoms with E-state index >= 15 is 0 Å². The van der Waals surface area contributed by atoms with E-state index in [1.54, 1.807) is 7.05 Å². The molecule has 0 aliphatic carbocycles. The molecule has 2 unspecified atom stereocenters. The van der Waals surface area contributed by atoms with Crippen LogP contribution < -0.4 is 5.32 Å². The highest BCUT2D eigenvalue weighted by Crippen LogP contribution is 2.35. The van der Waals surface area contributed by atoms with Crippen molar-refractivity contribution in [2.75, 3.05) is 14.1 Å². The van der Waals surface area contributed by atoms with Gasteiger partial charge in [0.25, 0.3) is 0 Å². The van der Waals surface area contributed by atoms with Gasteiger partial charge in [-0.25, -0.2) is 8.42 Å². The number of rotatable bonds is 9. The monoisotopic (exact) mass is 422 g/mol. The van der Waals surface area contributed by atoms with Crippen LogP contribution in [0, 0.1) is 0 Å². The van der Waals surface area contributed by atoms with Gasteiger partial charge in [-0.15, -0.1) is 0 Å². The van der Waals surface area contributed by atoms with Crippen molar-refractivity contribution >= 4 is 10.0 Å². The maximum absolute atomic E-state index is 13.5. The van der Waals surface area contributed by atoms with Crippen molar-refractivity contribution in [3.8, 4) is 0 Å². The molecular weight excluding hydrogens is 392 g/mol. The number of hydrogen-bond acceptors (Lipinski definition) is 3. The van der Waals surface area contributed by atoms with Crippen molar-refractivity contribution in [1.29, 1.82) is 0 Å². The van der Waals surface area contributed by atoms with Gasteiger partial charge in [0.2, 0.25) is 10.0 Å². The summed E-state index contributed by atoms with van der Waals surface area (Å²) in [6.45, 7) is 2.05. The molecule has 0 aliphatic rings.